The molecule has 0 unspecified atom stereocenters. The van der Waals surface area contributed by atoms with Gasteiger partial charge in [0.1, 0.15) is 0 Å². The first-order valence-corrected chi connectivity index (χ1v) is 6.65. The fourth-order valence-corrected chi connectivity index (χ4v) is 1.72. The summed E-state index contributed by atoms with van der Waals surface area (Å²) in [6.45, 7) is 2.08. The van der Waals surface area contributed by atoms with Gasteiger partial charge in [0.15, 0.2) is 5.78 Å². The summed E-state index contributed by atoms with van der Waals surface area (Å²) >= 11 is 0. The summed E-state index contributed by atoms with van der Waals surface area (Å²) in [5.74, 6) is 0.0781. The quantitative estimate of drug-likeness (QED) is 0.715. The van der Waals surface area contributed by atoms with Crippen LogP contribution in [0.2, 0.25) is 0 Å². The number of allylic oxidation sites excluding steroid dienone is 1. The molecular formula is C16H22O2. The van der Waals surface area contributed by atoms with Crippen LogP contribution in [-0.2, 0) is 11.2 Å². The van der Waals surface area contributed by atoms with E-state index in [4.69, 9.17) is 0 Å². The monoisotopic (exact) mass is 246 g/mol. The topological polar surface area (TPSA) is 37.3 Å². The number of benzene rings is 1. The molecule has 2 nitrogen and oxygen atoms in total. The smallest absolute Gasteiger partial charge is 0.155 e. The lowest BCUT2D eigenvalue weighted by molar-refractivity contribution is -0.114. The highest BCUT2D eigenvalue weighted by molar-refractivity contribution is 5.89. The molecule has 0 aliphatic carbocycles. The summed E-state index contributed by atoms with van der Waals surface area (Å²) < 4.78 is 0. The third kappa shape index (κ3) is 6.36. The number of carbonyl (C=O) groups is 1. The third-order valence-corrected chi connectivity index (χ3v) is 2.86. The Labute approximate surface area is 109 Å². The molecule has 0 radical (unpaired) electrons. The van der Waals surface area contributed by atoms with Crippen LogP contribution in [0.5, 0.6) is 0 Å². The van der Waals surface area contributed by atoms with E-state index in [1.165, 1.54) is 11.6 Å². The molecule has 2 heteroatoms. The van der Waals surface area contributed by atoms with Crippen LogP contribution in [0.1, 0.15) is 38.2 Å². The molecule has 1 aromatic carbocycles. The van der Waals surface area contributed by atoms with Gasteiger partial charge in [-0.15, -0.1) is 0 Å². The molecule has 1 N–H and O–H groups in total. The minimum atomic E-state index is -0.481. The van der Waals surface area contributed by atoms with Crippen LogP contribution in [0.4, 0.5) is 0 Å². The number of aliphatic hydroxyl groups is 1. The predicted octanol–water partition coefficient (Wildman–Crippen LogP) is 3.30. The summed E-state index contributed by atoms with van der Waals surface area (Å²) in [4.78, 5) is 11.6. The molecular weight excluding hydrogens is 224 g/mol. The molecule has 0 saturated heterocycles. The fraction of sp³-hybridized carbons (Fsp3) is 0.438. The zero-order valence-corrected chi connectivity index (χ0v) is 11.0. The number of carbonyl (C=O) groups excluding carboxylic acids is 1. The lowest BCUT2D eigenvalue weighted by Crippen LogP contribution is -2.03. The summed E-state index contributed by atoms with van der Waals surface area (Å²) in [6.07, 6.45) is 6.70. The molecule has 0 bridgehead atoms. The summed E-state index contributed by atoms with van der Waals surface area (Å²) in [7, 11) is 0. The number of hydrogen-bond acceptors (Lipinski definition) is 2. The van der Waals surface area contributed by atoms with Crippen LogP contribution in [0, 0.1) is 0 Å². The predicted molar refractivity (Wildman–Crippen MR) is 74.4 cm³/mol. The molecule has 0 saturated carbocycles. The van der Waals surface area contributed by atoms with Crippen molar-refractivity contribution in [3.05, 3.63) is 48.0 Å². The van der Waals surface area contributed by atoms with Gasteiger partial charge in [-0.05, 0) is 24.5 Å². The molecule has 18 heavy (non-hydrogen) atoms. The Balaban J connectivity index is 2.27. The number of hydrogen-bond donors (Lipinski definition) is 1. The zero-order valence-electron chi connectivity index (χ0n) is 11.0. The minimum Gasteiger partial charge on any atom is -0.389 e. The molecule has 0 aliphatic rings. The average molecular weight is 246 g/mol. The van der Waals surface area contributed by atoms with Crippen molar-refractivity contribution in [3.63, 3.8) is 0 Å². The second-order valence-corrected chi connectivity index (χ2v) is 4.52. The van der Waals surface area contributed by atoms with Crippen LogP contribution in [0.25, 0.3) is 0 Å². The maximum Gasteiger partial charge on any atom is 0.155 e. The van der Waals surface area contributed by atoms with E-state index in [9.17, 15) is 9.90 Å². The van der Waals surface area contributed by atoms with E-state index in [0.717, 1.165) is 25.7 Å². The van der Waals surface area contributed by atoms with E-state index < -0.39 is 6.10 Å². The summed E-state index contributed by atoms with van der Waals surface area (Å²) in [5.41, 5.74) is 1.17. The number of aryl methyl sites for hydroxylation is 1. The van der Waals surface area contributed by atoms with Crippen molar-refractivity contribution in [1.29, 1.82) is 0 Å². The van der Waals surface area contributed by atoms with E-state index >= 15 is 0 Å². The van der Waals surface area contributed by atoms with Crippen molar-refractivity contribution in [3.8, 4) is 0 Å². The Hall–Kier alpha value is -1.41. The molecule has 0 spiro atoms. The van der Waals surface area contributed by atoms with Gasteiger partial charge in [-0.2, -0.15) is 0 Å². The molecule has 0 fully saturated rings. The van der Waals surface area contributed by atoms with Crippen LogP contribution in [-0.4, -0.2) is 17.0 Å². The number of aliphatic hydroxyl groups excluding tert-OH is 1. The van der Waals surface area contributed by atoms with Gasteiger partial charge in [0.2, 0.25) is 0 Å². The van der Waals surface area contributed by atoms with Crippen LogP contribution in [0.3, 0.4) is 0 Å². The lowest BCUT2D eigenvalue weighted by atomic mass is 10.1. The van der Waals surface area contributed by atoms with Crippen LogP contribution in [0.15, 0.2) is 42.5 Å². The average Bonchev–Trinajstić information content (AvgIpc) is 2.41. The Morgan fingerprint density at radius 1 is 1.33 bits per heavy atom. The van der Waals surface area contributed by atoms with Crippen molar-refractivity contribution < 1.29 is 9.90 Å². The lowest BCUT2D eigenvalue weighted by Gasteiger charge is -2.03. The maximum absolute atomic E-state index is 11.6. The highest BCUT2D eigenvalue weighted by Crippen LogP contribution is 2.05. The van der Waals surface area contributed by atoms with Crippen molar-refractivity contribution in [2.45, 2.75) is 45.1 Å². The highest BCUT2D eigenvalue weighted by Gasteiger charge is 2.01. The number of rotatable bonds is 8. The fourth-order valence-electron chi connectivity index (χ4n) is 1.72. The van der Waals surface area contributed by atoms with E-state index in [0.29, 0.717) is 6.42 Å². The van der Waals surface area contributed by atoms with Crippen molar-refractivity contribution in [2.24, 2.45) is 0 Å². The number of ketones is 1. The SMILES string of the molecule is CCCC[C@@H](O)/C=C/C(=O)CCc1ccccc1. The standard InChI is InChI=1S/C16H22O2/c1-2-3-9-15(17)12-13-16(18)11-10-14-7-5-4-6-8-14/h4-8,12-13,15,17H,2-3,9-11H2,1H3/b13-12+/t15-/m1/s1. The molecule has 0 aliphatic heterocycles. The number of unbranched alkanes of at least 4 members (excludes halogenated alkanes) is 1. The third-order valence-electron chi connectivity index (χ3n) is 2.86. The van der Waals surface area contributed by atoms with E-state index in [1.54, 1.807) is 6.08 Å². The zero-order chi connectivity index (χ0) is 13.2. The van der Waals surface area contributed by atoms with Crippen molar-refractivity contribution in [2.75, 3.05) is 0 Å². The van der Waals surface area contributed by atoms with Gasteiger partial charge in [0.25, 0.3) is 0 Å². The Bertz CT molecular complexity index is 368. The molecule has 1 aromatic rings. The first-order valence-electron chi connectivity index (χ1n) is 6.65. The highest BCUT2D eigenvalue weighted by atomic mass is 16.3. The molecule has 98 valence electrons. The second kappa shape index (κ2) is 8.65. The van der Waals surface area contributed by atoms with Gasteiger partial charge < -0.3 is 5.11 Å². The van der Waals surface area contributed by atoms with Gasteiger partial charge >= 0.3 is 0 Å². The first-order chi connectivity index (χ1) is 8.72. The molecule has 0 heterocycles. The minimum absolute atomic E-state index is 0.0781. The van der Waals surface area contributed by atoms with Crippen molar-refractivity contribution in [1.82, 2.24) is 0 Å². The van der Waals surface area contributed by atoms with Gasteiger partial charge in [-0.1, -0.05) is 56.2 Å². The van der Waals surface area contributed by atoms with Gasteiger partial charge in [0.05, 0.1) is 6.10 Å². The molecule has 1 rings (SSSR count). The summed E-state index contributed by atoms with van der Waals surface area (Å²) in [5, 5.41) is 9.58. The Kier molecular flexibility index (Phi) is 7.04. The largest absolute Gasteiger partial charge is 0.389 e. The van der Waals surface area contributed by atoms with E-state index in [-0.39, 0.29) is 5.78 Å². The first kappa shape index (κ1) is 14.7. The Morgan fingerprint density at radius 3 is 2.72 bits per heavy atom. The van der Waals surface area contributed by atoms with Gasteiger partial charge in [-0.25, -0.2) is 0 Å². The van der Waals surface area contributed by atoms with Crippen LogP contribution >= 0.6 is 0 Å². The molecule has 1 atom stereocenters. The maximum atomic E-state index is 11.6. The van der Waals surface area contributed by atoms with Crippen LogP contribution < -0.4 is 0 Å². The van der Waals surface area contributed by atoms with E-state index in [2.05, 4.69) is 6.92 Å². The molecule has 0 amide bonds. The van der Waals surface area contributed by atoms with Crippen molar-refractivity contribution >= 4 is 5.78 Å². The van der Waals surface area contributed by atoms with Gasteiger partial charge in [0, 0.05) is 6.42 Å². The normalized spacial score (nSPS) is 12.8. The summed E-state index contributed by atoms with van der Waals surface area (Å²) in [6, 6.07) is 9.96. The Morgan fingerprint density at radius 2 is 2.06 bits per heavy atom. The van der Waals surface area contributed by atoms with E-state index in [1.807, 2.05) is 30.3 Å². The second-order valence-electron chi connectivity index (χ2n) is 4.52. The molecule has 0 aromatic heterocycles. The van der Waals surface area contributed by atoms with Gasteiger partial charge in [-0.3, -0.25) is 4.79 Å².